The van der Waals surface area contributed by atoms with Gasteiger partial charge < -0.3 is 9.64 Å². The van der Waals surface area contributed by atoms with Crippen LogP contribution in [0.15, 0.2) is 72.1 Å². The smallest absolute Gasteiger partial charge is 0.237 e. The van der Waals surface area contributed by atoms with E-state index in [1.54, 1.807) is 19.5 Å². The summed E-state index contributed by atoms with van der Waals surface area (Å²) in [5.74, 6) is 1.70. The van der Waals surface area contributed by atoms with Crippen LogP contribution in [-0.2, 0) is 11.2 Å². The van der Waals surface area contributed by atoms with Gasteiger partial charge in [-0.1, -0.05) is 36.0 Å². The van der Waals surface area contributed by atoms with Crippen LogP contribution in [0, 0.1) is 6.92 Å². The normalized spacial score (nSPS) is 12.9. The van der Waals surface area contributed by atoms with Crippen LogP contribution in [0.1, 0.15) is 17.5 Å². The Bertz CT molecular complexity index is 1310. The highest BCUT2D eigenvalue weighted by Crippen LogP contribution is 2.39. The molecule has 0 unspecified atom stereocenters. The molecule has 2 aromatic carbocycles. The molecule has 0 saturated carbocycles. The van der Waals surface area contributed by atoms with Crippen LogP contribution in [0.4, 0.5) is 5.69 Å². The van der Waals surface area contributed by atoms with E-state index in [1.807, 2.05) is 58.0 Å². The highest BCUT2D eigenvalue weighted by Gasteiger charge is 2.28. The van der Waals surface area contributed by atoms with E-state index in [4.69, 9.17) is 4.74 Å². The number of pyridine rings is 1. The Hall–Kier alpha value is -3.65. The van der Waals surface area contributed by atoms with Crippen molar-refractivity contribution in [2.45, 2.75) is 24.9 Å². The fourth-order valence-electron chi connectivity index (χ4n) is 4.33. The summed E-state index contributed by atoms with van der Waals surface area (Å²) in [7, 11) is 1.65. The van der Waals surface area contributed by atoms with E-state index in [2.05, 4.69) is 28.2 Å². The minimum absolute atomic E-state index is 0.0281. The number of rotatable bonds is 6. The van der Waals surface area contributed by atoms with Gasteiger partial charge in [-0.15, -0.1) is 10.2 Å². The van der Waals surface area contributed by atoms with Gasteiger partial charge in [-0.3, -0.25) is 14.3 Å². The minimum Gasteiger partial charge on any atom is -0.495 e. The molecule has 0 saturated heterocycles. The summed E-state index contributed by atoms with van der Waals surface area (Å²) in [6, 6.07) is 17.8. The summed E-state index contributed by atoms with van der Waals surface area (Å²) in [4.78, 5) is 19.5. The zero-order valence-electron chi connectivity index (χ0n) is 19.1. The first-order valence-corrected chi connectivity index (χ1v) is 12.2. The van der Waals surface area contributed by atoms with Crippen LogP contribution in [0.2, 0.25) is 0 Å². The molecular weight excluding hydrogens is 446 g/mol. The first-order valence-electron chi connectivity index (χ1n) is 11.2. The number of benzene rings is 2. The number of amides is 1. The van der Waals surface area contributed by atoms with Crippen molar-refractivity contribution in [2.24, 2.45) is 0 Å². The molecule has 0 atom stereocenters. The van der Waals surface area contributed by atoms with Gasteiger partial charge in [0.15, 0.2) is 11.0 Å². The standard InChI is InChI=1S/C26H25N5O2S/c1-18-12-13-22(33-2)24-21(18)11-7-15-30(24)23(32)17-34-26-29-28-25(19-8-6-14-27-16-19)31(26)20-9-4-3-5-10-20/h3-6,8-10,12-14,16H,7,11,15,17H2,1-2H3. The lowest BCUT2D eigenvalue weighted by Crippen LogP contribution is -2.37. The number of aromatic nitrogens is 4. The summed E-state index contributed by atoms with van der Waals surface area (Å²) < 4.78 is 7.58. The van der Waals surface area contributed by atoms with Crippen molar-refractivity contribution >= 4 is 23.4 Å². The Morgan fingerprint density at radius 2 is 1.94 bits per heavy atom. The minimum atomic E-state index is 0.0281. The molecule has 7 nitrogen and oxygen atoms in total. The maximum absolute atomic E-state index is 13.4. The van der Waals surface area contributed by atoms with Gasteiger partial charge in [-0.05, 0) is 61.2 Å². The summed E-state index contributed by atoms with van der Waals surface area (Å²) in [6.45, 7) is 2.77. The van der Waals surface area contributed by atoms with Crippen LogP contribution in [0.3, 0.4) is 0 Å². The molecule has 1 aliphatic rings. The van der Waals surface area contributed by atoms with Crippen LogP contribution < -0.4 is 9.64 Å². The molecule has 0 bridgehead atoms. The van der Waals surface area contributed by atoms with Gasteiger partial charge in [0.05, 0.1) is 18.6 Å². The molecule has 172 valence electrons. The molecule has 1 aliphatic heterocycles. The fraction of sp³-hybridized carbons (Fsp3) is 0.231. The van der Waals surface area contributed by atoms with E-state index in [1.165, 1.54) is 22.9 Å². The van der Waals surface area contributed by atoms with Crippen LogP contribution in [0.25, 0.3) is 17.1 Å². The van der Waals surface area contributed by atoms with Crippen LogP contribution >= 0.6 is 11.8 Å². The SMILES string of the molecule is COc1ccc(C)c2c1N(C(=O)CSc1nnc(-c3cccnc3)n1-c1ccccc1)CCC2. The summed E-state index contributed by atoms with van der Waals surface area (Å²) in [5, 5.41) is 9.53. The Kier molecular flexibility index (Phi) is 6.31. The molecule has 5 rings (SSSR count). The molecule has 0 aliphatic carbocycles. The second kappa shape index (κ2) is 9.69. The summed E-state index contributed by atoms with van der Waals surface area (Å²) in [5.41, 5.74) is 5.07. The van der Waals surface area contributed by atoms with E-state index < -0.39 is 0 Å². The van der Waals surface area contributed by atoms with Gasteiger partial charge in [0.2, 0.25) is 5.91 Å². The van der Waals surface area contributed by atoms with Crippen molar-refractivity contribution in [1.29, 1.82) is 0 Å². The lowest BCUT2D eigenvalue weighted by atomic mass is 9.96. The summed E-state index contributed by atoms with van der Waals surface area (Å²) >= 11 is 1.39. The molecule has 8 heteroatoms. The number of hydrogen-bond donors (Lipinski definition) is 0. The fourth-order valence-corrected chi connectivity index (χ4v) is 5.15. The Morgan fingerprint density at radius 3 is 2.71 bits per heavy atom. The van der Waals surface area contributed by atoms with Gasteiger partial charge >= 0.3 is 0 Å². The van der Waals surface area contributed by atoms with E-state index in [9.17, 15) is 4.79 Å². The molecule has 0 fully saturated rings. The highest BCUT2D eigenvalue weighted by molar-refractivity contribution is 7.99. The molecule has 1 amide bonds. The average Bonchev–Trinajstić information content (AvgIpc) is 3.32. The number of carbonyl (C=O) groups is 1. The zero-order chi connectivity index (χ0) is 23.5. The quantitative estimate of drug-likeness (QED) is 0.379. The number of thioether (sulfide) groups is 1. The predicted octanol–water partition coefficient (Wildman–Crippen LogP) is 4.72. The van der Waals surface area contributed by atoms with E-state index in [0.717, 1.165) is 35.5 Å². The largest absolute Gasteiger partial charge is 0.495 e. The van der Waals surface area contributed by atoms with E-state index in [-0.39, 0.29) is 11.7 Å². The first kappa shape index (κ1) is 22.2. The Balaban J connectivity index is 1.45. The van der Waals surface area contributed by atoms with E-state index in [0.29, 0.717) is 17.5 Å². The molecule has 0 N–H and O–H groups in total. The second-order valence-corrected chi connectivity index (χ2v) is 9.01. The van der Waals surface area contributed by atoms with Crippen molar-refractivity contribution in [3.63, 3.8) is 0 Å². The number of aryl methyl sites for hydroxylation is 1. The van der Waals surface area contributed by atoms with Crippen molar-refractivity contribution < 1.29 is 9.53 Å². The third-order valence-corrected chi connectivity index (χ3v) is 6.89. The molecule has 0 spiro atoms. The number of carbonyl (C=O) groups excluding carboxylic acids is 1. The maximum Gasteiger partial charge on any atom is 0.237 e. The third kappa shape index (κ3) is 4.17. The van der Waals surface area contributed by atoms with E-state index >= 15 is 0 Å². The van der Waals surface area contributed by atoms with Gasteiger partial charge in [0.1, 0.15) is 5.75 Å². The lowest BCUT2D eigenvalue weighted by Gasteiger charge is -2.32. The van der Waals surface area contributed by atoms with Crippen molar-refractivity contribution in [1.82, 2.24) is 19.7 Å². The Morgan fingerprint density at radius 1 is 1.09 bits per heavy atom. The maximum atomic E-state index is 13.4. The monoisotopic (exact) mass is 471 g/mol. The predicted molar refractivity (Wildman–Crippen MR) is 134 cm³/mol. The van der Waals surface area contributed by atoms with Gasteiger partial charge in [-0.2, -0.15) is 0 Å². The molecular formula is C26H25N5O2S. The third-order valence-electron chi connectivity index (χ3n) is 5.97. The van der Waals surface area contributed by atoms with Crippen LogP contribution in [-0.4, -0.2) is 45.1 Å². The average molecular weight is 472 g/mol. The van der Waals surface area contributed by atoms with Gasteiger partial charge in [0.25, 0.3) is 0 Å². The number of para-hydroxylation sites is 1. The molecule has 4 aromatic rings. The Labute approximate surface area is 202 Å². The van der Waals surface area contributed by atoms with Gasteiger partial charge in [-0.25, -0.2) is 0 Å². The topological polar surface area (TPSA) is 73.1 Å². The number of hydrogen-bond acceptors (Lipinski definition) is 6. The van der Waals surface area contributed by atoms with Crippen molar-refractivity contribution in [3.8, 4) is 22.8 Å². The lowest BCUT2D eigenvalue weighted by molar-refractivity contribution is -0.116. The zero-order valence-corrected chi connectivity index (χ0v) is 20.0. The number of nitrogens with zero attached hydrogens (tertiary/aromatic N) is 5. The van der Waals surface area contributed by atoms with Crippen molar-refractivity contribution in [3.05, 3.63) is 78.1 Å². The number of ether oxygens (including phenoxy) is 1. The molecule has 34 heavy (non-hydrogen) atoms. The second-order valence-electron chi connectivity index (χ2n) is 8.07. The van der Waals surface area contributed by atoms with Crippen molar-refractivity contribution in [2.75, 3.05) is 24.3 Å². The molecule has 3 heterocycles. The van der Waals surface area contributed by atoms with Crippen LogP contribution in [0.5, 0.6) is 5.75 Å². The van der Waals surface area contributed by atoms with Gasteiger partial charge in [0, 0.05) is 30.2 Å². The number of fused-ring (bicyclic) bond motifs is 1. The molecule has 2 aromatic heterocycles. The first-order chi connectivity index (χ1) is 16.7. The highest BCUT2D eigenvalue weighted by atomic mass is 32.2. The molecule has 0 radical (unpaired) electrons. The number of anilines is 1. The number of methoxy groups -OCH3 is 1. The summed E-state index contributed by atoms with van der Waals surface area (Å²) in [6.07, 6.45) is 5.38.